The summed E-state index contributed by atoms with van der Waals surface area (Å²) in [6.07, 6.45) is 0.730. The predicted molar refractivity (Wildman–Crippen MR) is 85.0 cm³/mol. The quantitative estimate of drug-likeness (QED) is 0.860. The number of rotatable bonds is 6. The van der Waals surface area contributed by atoms with Crippen LogP contribution in [0.2, 0.25) is 0 Å². The lowest BCUT2D eigenvalue weighted by molar-refractivity contribution is -0.138. The van der Waals surface area contributed by atoms with Crippen LogP contribution in [-0.4, -0.2) is 41.6 Å². The molecule has 0 spiro atoms. The molecule has 1 heterocycles. The number of aryl methyl sites for hydroxylation is 1. The zero-order valence-corrected chi connectivity index (χ0v) is 14.1. The maximum Gasteiger partial charge on any atom is 0.303 e. The molecule has 1 aliphatic heterocycles. The smallest absolute Gasteiger partial charge is 0.303 e. The maximum atomic E-state index is 13.2. The summed E-state index contributed by atoms with van der Waals surface area (Å²) < 4.78 is 39.8. The fourth-order valence-corrected chi connectivity index (χ4v) is 5.26. The predicted octanol–water partition coefficient (Wildman–Crippen LogP) is 2.27. The minimum absolute atomic E-state index is 0.0284. The van der Waals surface area contributed by atoms with Crippen LogP contribution in [0.1, 0.15) is 32.3 Å². The molecule has 1 unspecified atom stereocenters. The van der Waals surface area contributed by atoms with Crippen molar-refractivity contribution >= 4 is 16.0 Å². The summed E-state index contributed by atoms with van der Waals surface area (Å²) in [7, 11) is -3.53. The van der Waals surface area contributed by atoms with Crippen molar-refractivity contribution in [1.29, 1.82) is 0 Å². The van der Waals surface area contributed by atoms with E-state index in [1.165, 1.54) is 16.4 Å². The lowest BCUT2D eigenvalue weighted by Crippen LogP contribution is -2.44. The Balaban J connectivity index is 2.07. The summed E-state index contributed by atoms with van der Waals surface area (Å²) in [6.45, 7) is 3.86. The molecular formula is C16H22FNO4S. The second-order valence-electron chi connectivity index (χ2n) is 6.71. The molecule has 0 bridgehead atoms. The topological polar surface area (TPSA) is 74.7 Å². The maximum absolute atomic E-state index is 13.2. The molecule has 0 amide bonds. The van der Waals surface area contributed by atoms with Gasteiger partial charge in [0, 0.05) is 18.5 Å². The third-order valence-corrected chi connectivity index (χ3v) is 6.26. The Morgan fingerprint density at radius 2 is 2.13 bits per heavy atom. The van der Waals surface area contributed by atoms with E-state index < -0.39 is 21.5 Å². The first kappa shape index (κ1) is 17.9. The Kier molecular flexibility index (Phi) is 5.10. The fourth-order valence-electron chi connectivity index (χ4n) is 3.28. The van der Waals surface area contributed by atoms with Gasteiger partial charge in [0.1, 0.15) is 5.82 Å². The standard InChI is InChI=1S/C16H22FNO4S/c1-16(2)10-13(9-15(19)20)11-18(16)23(21,22)7-6-12-4-3-5-14(17)8-12/h3-5,8,13H,6-7,9-11H2,1-2H3,(H,19,20). The number of carboxylic acids is 1. The molecule has 1 saturated heterocycles. The first-order chi connectivity index (χ1) is 10.6. The molecule has 0 aromatic heterocycles. The van der Waals surface area contributed by atoms with Crippen LogP contribution in [0.15, 0.2) is 24.3 Å². The molecule has 1 aromatic carbocycles. The Morgan fingerprint density at radius 3 is 2.74 bits per heavy atom. The van der Waals surface area contributed by atoms with Crippen molar-refractivity contribution in [2.24, 2.45) is 5.92 Å². The number of hydrogen-bond acceptors (Lipinski definition) is 3. The summed E-state index contributed by atoms with van der Waals surface area (Å²) in [4.78, 5) is 10.9. The van der Waals surface area contributed by atoms with E-state index >= 15 is 0 Å². The average molecular weight is 343 g/mol. The highest BCUT2D eigenvalue weighted by atomic mass is 32.2. The van der Waals surface area contributed by atoms with Gasteiger partial charge in [0.15, 0.2) is 0 Å². The third kappa shape index (κ3) is 4.51. The van der Waals surface area contributed by atoms with Crippen molar-refractivity contribution in [1.82, 2.24) is 4.31 Å². The molecule has 0 saturated carbocycles. The van der Waals surface area contributed by atoms with E-state index in [-0.39, 0.29) is 36.9 Å². The van der Waals surface area contributed by atoms with Gasteiger partial charge in [-0.05, 0) is 50.3 Å². The largest absolute Gasteiger partial charge is 0.481 e. The van der Waals surface area contributed by atoms with Gasteiger partial charge in [0.25, 0.3) is 0 Å². The normalized spacial score (nSPS) is 21.4. The van der Waals surface area contributed by atoms with Gasteiger partial charge in [-0.2, -0.15) is 4.31 Å². The minimum Gasteiger partial charge on any atom is -0.481 e. The number of carbonyl (C=O) groups is 1. The highest BCUT2D eigenvalue weighted by Gasteiger charge is 2.44. The minimum atomic E-state index is -3.53. The Hall–Kier alpha value is -1.47. The Bertz CT molecular complexity index is 687. The number of hydrogen-bond donors (Lipinski definition) is 1. The van der Waals surface area contributed by atoms with E-state index in [2.05, 4.69) is 0 Å². The van der Waals surface area contributed by atoms with E-state index in [0.717, 1.165) is 0 Å². The second-order valence-corrected chi connectivity index (χ2v) is 8.72. The van der Waals surface area contributed by atoms with Gasteiger partial charge >= 0.3 is 5.97 Å². The summed E-state index contributed by atoms with van der Waals surface area (Å²) >= 11 is 0. The highest BCUT2D eigenvalue weighted by molar-refractivity contribution is 7.89. The van der Waals surface area contributed by atoms with Crippen molar-refractivity contribution in [2.75, 3.05) is 12.3 Å². The zero-order valence-electron chi connectivity index (χ0n) is 13.3. The zero-order chi connectivity index (χ0) is 17.3. The first-order valence-corrected chi connectivity index (χ1v) is 9.18. The van der Waals surface area contributed by atoms with Crippen molar-refractivity contribution in [3.05, 3.63) is 35.6 Å². The van der Waals surface area contributed by atoms with Crippen LogP contribution in [0.3, 0.4) is 0 Å². The third-order valence-electron chi connectivity index (χ3n) is 4.22. The molecule has 1 aromatic rings. The molecule has 128 valence electrons. The van der Waals surface area contributed by atoms with Gasteiger partial charge in [0.2, 0.25) is 10.0 Å². The second kappa shape index (κ2) is 6.57. The average Bonchev–Trinajstić information content (AvgIpc) is 2.71. The molecule has 0 aliphatic carbocycles. The van der Waals surface area contributed by atoms with Gasteiger partial charge in [-0.15, -0.1) is 0 Å². The van der Waals surface area contributed by atoms with Gasteiger partial charge in [-0.1, -0.05) is 12.1 Å². The van der Waals surface area contributed by atoms with E-state index in [1.807, 2.05) is 13.8 Å². The molecule has 1 N–H and O–H groups in total. The van der Waals surface area contributed by atoms with E-state index in [1.54, 1.807) is 12.1 Å². The molecular weight excluding hydrogens is 321 g/mol. The van der Waals surface area contributed by atoms with Crippen LogP contribution in [-0.2, 0) is 21.2 Å². The SMILES string of the molecule is CC1(C)CC(CC(=O)O)CN1S(=O)(=O)CCc1cccc(F)c1. The number of sulfonamides is 1. The van der Waals surface area contributed by atoms with Crippen LogP contribution in [0.25, 0.3) is 0 Å². The van der Waals surface area contributed by atoms with Gasteiger partial charge in [-0.3, -0.25) is 4.79 Å². The van der Waals surface area contributed by atoms with Crippen LogP contribution >= 0.6 is 0 Å². The monoisotopic (exact) mass is 343 g/mol. The van der Waals surface area contributed by atoms with Crippen molar-refractivity contribution in [3.63, 3.8) is 0 Å². The molecule has 0 radical (unpaired) electrons. The van der Waals surface area contributed by atoms with Crippen molar-refractivity contribution in [3.8, 4) is 0 Å². The van der Waals surface area contributed by atoms with E-state index in [4.69, 9.17) is 5.11 Å². The lowest BCUT2D eigenvalue weighted by Gasteiger charge is -2.30. The summed E-state index contributed by atoms with van der Waals surface area (Å²) in [5.41, 5.74) is 0.0358. The number of halogens is 1. The fraction of sp³-hybridized carbons (Fsp3) is 0.562. The van der Waals surface area contributed by atoms with E-state index in [0.29, 0.717) is 12.0 Å². The molecule has 5 nitrogen and oxygen atoms in total. The van der Waals surface area contributed by atoms with Gasteiger partial charge in [0.05, 0.1) is 5.75 Å². The highest BCUT2D eigenvalue weighted by Crippen LogP contribution is 2.36. The number of nitrogens with zero attached hydrogens (tertiary/aromatic N) is 1. The van der Waals surface area contributed by atoms with Crippen molar-refractivity contribution in [2.45, 2.75) is 38.6 Å². The molecule has 23 heavy (non-hydrogen) atoms. The summed E-state index contributed by atoms with van der Waals surface area (Å²) in [6, 6.07) is 5.90. The van der Waals surface area contributed by atoms with Gasteiger partial charge < -0.3 is 5.11 Å². The molecule has 2 rings (SSSR count). The molecule has 7 heteroatoms. The summed E-state index contributed by atoms with van der Waals surface area (Å²) in [5, 5.41) is 8.91. The molecule has 1 aliphatic rings. The Morgan fingerprint density at radius 1 is 1.43 bits per heavy atom. The van der Waals surface area contributed by atoms with Gasteiger partial charge in [-0.25, -0.2) is 12.8 Å². The first-order valence-electron chi connectivity index (χ1n) is 7.57. The lowest BCUT2D eigenvalue weighted by atomic mass is 9.95. The number of carboxylic acid groups (broad SMARTS) is 1. The van der Waals surface area contributed by atoms with Crippen LogP contribution in [0.4, 0.5) is 4.39 Å². The van der Waals surface area contributed by atoms with Crippen LogP contribution in [0, 0.1) is 11.7 Å². The molecule has 1 fully saturated rings. The number of aliphatic carboxylic acids is 1. The van der Waals surface area contributed by atoms with Crippen LogP contribution < -0.4 is 0 Å². The van der Waals surface area contributed by atoms with Crippen molar-refractivity contribution < 1.29 is 22.7 Å². The Labute approximate surface area is 136 Å². The van der Waals surface area contributed by atoms with E-state index in [9.17, 15) is 17.6 Å². The number of benzene rings is 1. The van der Waals surface area contributed by atoms with Crippen LogP contribution in [0.5, 0.6) is 0 Å². The molecule has 1 atom stereocenters. The summed E-state index contributed by atoms with van der Waals surface area (Å²) in [5.74, 6) is -1.58.